The topological polar surface area (TPSA) is 78.7 Å². The number of thiophene rings is 1. The molecule has 0 amide bonds. The van der Waals surface area contributed by atoms with Crippen LogP contribution in [0.25, 0.3) is 10.1 Å². The summed E-state index contributed by atoms with van der Waals surface area (Å²) in [5, 5.41) is 17.1. The molecule has 0 saturated carbocycles. The molecule has 7 nitrogen and oxygen atoms in total. The number of fused-ring (bicyclic) bond motifs is 2. The van der Waals surface area contributed by atoms with Gasteiger partial charge in [0.05, 0.1) is 4.92 Å². The van der Waals surface area contributed by atoms with Crippen LogP contribution in [-0.2, 0) is 6.42 Å². The number of Topliss-reactive ketones (excluding diaryl/α,β-unsaturated/α-hetero) is 1. The molecule has 1 saturated heterocycles. The van der Waals surface area contributed by atoms with E-state index >= 15 is 0 Å². The molecule has 0 spiro atoms. The van der Waals surface area contributed by atoms with Gasteiger partial charge in [-0.2, -0.15) is 0 Å². The van der Waals surface area contributed by atoms with Crippen LogP contribution in [-0.4, -0.2) is 54.9 Å². The Morgan fingerprint density at radius 2 is 2.00 bits per heavy atom. The number of nitro benzene ring substituents is 1. The van der Waals surface area contributed by atoms with Crippen LogP contribution in [0.3, 0.4) is 0 Å². The molecule has 5 rings (SSSR count). The lowest BCUT2D eigenvalue weighted by Gasteiger charge is -2.36. The third kappa shape index (κ3) is 3.88. The second-order valence-electron chi connectivity index (χ2n) is 8.07. The van der Waals surface area contributed by atoms with E-state index in [-0.39, 0.29) is 11.5 Å². The Bertz CT molecular complexity index is 1150. The van der Waals surface area contributed by atoms with Crippen LogP contribution in [0.1, 0.15) is 22.3 Å². The molecule has 0 aliphatic carbocycles. The number of carbonyl (C=O) groups excluding carboxylic acids is 1. The lowest BCUT2D eigenvalue weighted by atomic mass is 10.1. The van der Waals surface area contributed by atoms with Crippen LogP contribution in [0.15, 0.2) is 41.8 Å². The monoisotopic (exact) mass is 436 g/mol. The largest absolute Gasteiger partial charge is 0.384 e. The predicted octanol–water partition coefficient (Wildman–Crippen LogP) is 4.17. The van der Waals surface area contributed by atoms with Crippen molar-refractivity contribution in [3.05, 3.63) is 63.0 Å². The molecule has 1 aromatic heterocycles. The summed E-state index contributed by atoms with van der Waals surface area (Å²) >= 11 is 1.46. The summed E-state index contributed by atoms with van der Waals surface area (Å²) in [4.78, 5) is 28.3. The van der Waals surface area contributed by atoms with Crippen LogP contribution >= 0.6 is 11.3 Å². The smallest absolute Gasteiger partial charge is 0.270 e. The van der Waals surface area contributed by atoms with E-state index in [0.717, 1.165) is 43.8 Å². The molecular weight excluding hydrogens is 412 g/mol. The van der Waals surface area contributed by atoms with Crippen molar-refractivity contribution in [3.8, 4) is 0 Å². The fourth-order valence-corrected chi connectivity index (χ4v) is 5.52. The Labute approximate surface area is 184 Å². The molecule has 0 bridgehead atoms. The molecule has 1 fully saturated rings. The number of benzene rings is 2. The lowest BCUT2D eigenvalue weighted by Crippen LogP contribution is -2.47. The van der Waals surface area contributed by atoms with Crippen molar-refractivity contribution >= 4 is 44.3 Å². The standard InChI is InChI=1S/C23H24N4O3S/c28-22(19-15-31-23-5-4-16(27(29)30)14-18(19)23)7-9-25-10-12-26(13-11-25)21-3-1-2-20-17(21)6-8-24-20/h1-5,14-15,24H,6-13H2. The SMILES string of the molecule is O=C(CCN1CCN(c2cccc3c2CCN3)CC1)c1csc2ccc([N+](=O)[O-])cc12. The maximum atomic E-state index is 12.9. The molecule has 8 heteroatoms. The molecule has 0 radical (unpaired) electrons. The number of non-ortho nitro benzene ring substituents is 1. The lowest BCUT2D eigenvalue weighted by molar-refractivity contribution is -0.384. The number of hydrogen-bond acceptors (Lipinski definition) is 7. The Kier molecular flexibility index (Phi) is 5.33. The van der Waals surface area contributed by atoms with Gasteiger partial charge in [0.25, 0.3) is 5.69 Å². The van der Waals surface area contributed by atoms with E-state index in [4.69, 9.17) is 0 Å². The van der Waals surface area contributed by atoms with E-state index in [0.29, 0.717) is 23.9 Å². The second kappa shape index (κ2) is 8.28. The third-order valence-electron chi connectivity index (χ3n) is 6.28. The first-order chi connectivity index (χ1) is 15.1. The average molecular weight is 437 g/mol. The second-order valence-corrected chi connectivity index (χ2v) is 8.98. The van der Waals surface area contributed by atoms with Crippen molar-refractivity contribution in [1.82, 2.24) is 4.90 Å². The summed E-state index contributed by atoms with van der Waals surface area (Å²) in [6, 6.07) is 11.2. The molecule has 0 unspecified atom stereocenters. The third-order valence-corrected chi connectivity index (χ3v) is 7.24. The first-order valence-electron chi connectivity index (χ1n) is 10.6. The van der Waals surface area contributed by atoms with E-state index in [1.54, 1.807) is 6.07 Å². The van der Waals surface area contributed by atoms with Gasteiger partial charge in [0.15, 0.2) is 5.78 Å². The van der Waals surface area contributed by atoms with Crippen molar-refractivity contribution in [2.24, 2.45) is 0 Å². The Hall–Kier alpha value is -2.97. The highest BCUT2D eigenvalue weighted by Crippen LogP contribution is 2.33. The van der Waals surface area contributed by atoms with Gasteiger partial charge in [-0.15, -0.1) is 11.3 Å². The first-order valence-corrected chi connectivity index (χ1v) is 11.5. The molecule has 0 atom stereocenters. The molecule has 2 aromatic carbocycles. The number of hydrogen-bond donors (Lipinski definition) is 1. The summed E-state index contributed by atoms with van der Waals surface area (Å²) in [5.41, 5.74) is 4.65. The summed E-state index contributed by atoms with van der Waals surface area (Å²) in [7, 11) is 0. The van der Waals surface area contributed by atoms with Gasteiger partial charge in [0, 0.05) is 95.8 Å². The number of carbonyl (C=O) groups is 1. The Balaban J connectivity index is 1.20. The van der Waals surface area contributed by atoms with Crippen molar-refractivity contribution in [2.75, 3.05) is 49.5 Å². The number of anilines is 2. The van der Waals surface area contributed by atoms with E-state index in [9.17, 15) is 14.9 Å². The van der Waals surface area contributed by atoms with Crippen molar-refractivity contribution < 1.29 is 9.72 Å². The maximum absolute atomic E-state index is 12.9. The number of rotatable bonds is 6. The highest BCUT2D eigenvalue weighted by Gasteiger charge is 2.23. The summed E-state index contributed by atoms with van der Waals surface area (Å²) in [6.45, 7) is 5.50. The van der Waals surface area contributed by atoms with Crippen LogP contribution in [0.2, 0.25) is 0 Å². The average Bonchev–Trinajstić information content (AvgIpc) is 3.44. The number of nitro groups is 1. The number of piperazine rings is 1. The summed E-state index contributed by atoms with van der Waals surface area (Å²) in [6.07, 6.45) is 1.51. The molecule has 1 N–H and O–H groups in total. The minimum absolute atomic E-state index is 0.0265. The fourth-order valence-electron chi connectivity index (χ4n) is 4.57. The zero-order chi connectivity index (χ0) is 21.4. The predicted molar refractivity (Wildman–Crippen MR) is 125 cm³/mol. The van der Waals surface area contributed by atoms with E-state index < -0.39 is 4.92 Å². The molecule has 3 aromatic rings. The van der Waals surface area contributed by atoms with E-state index in [1.165, 1.54) is 40.4 Å². The van der Waals surface area contributed by atoms with Crippen molar-refractivity contribution in [3.63, 3.8) is 0 Å². The van der Waals surface area contributed by atoms with Gasteiger partial charge < -0.3 is 10.2 Å². The number of nitrogens with one attached hydrogen (secondary N) is 1. The van der Waals surface area contributed by atoms with Gasteiger partial charge in [-0.05, 0) is 24.6 Å². The normalized spacial score (nSPS) is 16.3. The number of nitrogens with zero attached hydrogens (tertiary/aromatic N) is 3. The molecule has 2 aliphatic rings. The first kappa shape index (κ1) is 20.0. The molecule has 3 heterocycles. The van der Waals surface area contributed by atoms with Gasteiger partial charge in [-0.25, -0.2) is 0 Å². The van der Waals surface area contributed by atoms with Gasteiger partial charge in [0.2, 0.25) is 0 Å². The summed E-state index contributed by atoms with van der Waals surface area (Å²) in [5.74, 6) is 0.0566. The molecular formula is C23H24N4O3S. The quantitative estimate of drug-likeness (QED) is 0.355. The zero-order valence-electron chi connectivity index (χ0n) is 17.2. The zero-order valence-corrected chi connectivity index (χ0v) is 18.0. The van der Waals surface area contributed by atoms with Crippen molar-refractivity contribution in [2.45, 2.75) is 12.8 Å². The minimum Gasteiger partial charge on any atom is -0.384 e. The van der Waals surface area contributed by atoms with Gasteiger partial charge in [-0.1, -0.05) is 6.07 Å². The van der Waals surface area contributed by atoms with Gasteiger partial charge >= 0.3 is 0 Å². The summed E-state index contributed by atoms with van der Waals surface area (Å²) < 4.78 is 0.910. The van der Waals surface area contributed by atoms with Gasteiger partial charge in [0.1, 0.15) is 0 Å². The van der Waals surface area contributed by atoms with Crippen LogP contribution in [0.5, 0.6) is 0 Å². The van der Waals surface area contributed by atoms with E-state index in [2.05, 4.69) is 33.3 Å². The molecule has 160 valence electrons. The molecule has 2 aliphatic heterocycles. The highest BCUT2D eigenvalue weighted by atomic mass is 32.1. The maximum Gasteiger partial charge on any atom is 0.270 e. The van der Waals surface area contributed by atoms with E-state index in [1.807, 2.05) is 5.38 Å². The van der Waals surface area contributed by atoms with Gasteiger partial charge in [-0.3, -0.25) is 19.8 Å². The Morgan fingerprint density at radius 1 is 1.16 bits per heavy atom. The number of ketones is 1. The molecule has 31 heavy (non-hydrogen) atoms. The minimum atomic E-state index is -0.414. The van der Waals surface area contributed by atoms with Crippen LogP contribution < -0.4 is 10.2 Å². The van der Waals surface area contributed by atoms with Crippen LogP contribution in [0, 0.1) is 10.1 Å². The Morgan fingerprint density at radius 3 is 2.81 bits per heavy atom. The van der Waals surface area contributed by atoms with Crippen molar-refractivity contribution in [1.29, 1.82) is 0 Å². The van der Waals surface area contributed by atoms with Crippen LogP contribution in [0.4, 0.5) is 17.1 Å². The fraction of sp³-hybridized carbons (Fsp3) is 0.348. The highest BCUT2D eigenvalue weighted by molar-refractivity contribution is 7.17.